The van der Waals surface area contributed by atoms with E-state index in [2.05, 4.69) is 15.2 Å². The Labute approximate surface area is 151 Å². The van der Waals surface area contributed by atoms with Gasteiger partial charge in [0.2, 0.25) is 5.91 Å². The van der Waals surface area contributed by atoms with E-state index in [9.17, 15) is 13.6 Å². The molecule has 1 aromatic heterocycles. The van der Waals surface area contributed by atoms with Gasteiger partial charge in [0.15, 0.2) is 0 Å². The third-order valence-electron chi connectivity index (χ3n) is 5.52. The highest BCUT2D eigenvalue weighted by Gasteiger charge is 2.50. The average Bonchev–Trinajstić information content (AvgIpc) is 2.94. The molecule has 26 heavy (non-hydrogen) atoms. The van der Waals surface area contributed by atoms with Crippen molar-refractivity contribution in [3.63, 3.8) is 0 Å². The Bertz CT molecular complexity index is 814. The van der Waals surface area contributed by atoms with Crippen molar-refractivity contribution >= 4 is 5.91 Å². The fraction of sp³-hybridized carbons (Fsp3) is 0.400. The number of pyridine rings is 1. The molecule has 4 rings (SSSR count). The van der Waals surface area contributed by atoms with Crippen LogP contribution in [0, 0.1) is 11.6 Å². The highest BCUT2D eigenvalue weighted by Crippen LogP contribution is 2.42. The van der Waals surface area contributed by atoms with Crippen molar-refractivity contribution in [3.05, 3.63) is 65.5 Å². The number of hydrogen-bond donors (Lipinski definition) is 1. The minimum atomic E-state index is -0.545. The number of hydrogen-bond acceptors (Lipinski definition) is 3. The highest BCUT2D eigenvalue weighted by atomic mass is 19.1. The number of benzene rings is 1. The fourth-order valence-electron chi connectivity index (χ4n) is 4.40. The molecule has 2 aromatic rings. The van der Waals surface area contributed by atoms with Crippen LogP contribution in [0.3, 0.4) is 0 Å². The summed E-state index contributed by atoms with van der Waals surface area (Å²) in [6.45, 7) is 1.89. The summed E-state index contributed by atoms with van der Waals surface area (Å²) in [7, 11) is 0. The van der Waals surface area contributed by atoms with Gasteiger partial charge < -0.3 is 5.32 Å². The van der Waals surface area contributed by atoms with Crippen LogP contribution in [0.25, 0.3) is 0 Å². The van der Waals surface area contributed by atoms with E-state index in [-0.39, 0.29) is 11.8 Å². The number of carbonyl (C=O) groups excluding carboxylic acids is 1. The Morgan fingerprint density at radius 2 is 2.04 bits per heavy atom. The number of rotatable bonds is 3. The van der Waals surface area contributed by atoms with Crippen LogP contribution in [0.4, 0.5) is 8.78 Å². The van der Waals surface area contributed by atoms with Crippen molar-refractivity contribution < 1.29 is 13.6 Å². The predicted molar refractivity (Wildman–Crippen MR) is 93.3 cm³/mol. The number of carbonyl (C=O) groups is 1. The van der Waals surface area contributed by atoms with E-state index in [0.717, 1.165) is 24.5 Å². The summed E-state index contributed by atoms with van der Waals surface area (Å²) in [4.78, 5) is 18.3. The van der Waals surface area contributed by atoms with E-state index >= 15 is 0 Å². The van der Waals surface area contributed by atoms with Crippen LogP contribution in [0.15, 0.2) is 42.7 Å². The van der Waals surface area contributed by atoms with E-state index in [1.807, 2.05) is 12.1 Å². The molecular weight excluding hydrogens is 336 g/mol. The molecule has 6 heteroatoms. The normalized spacial score (nSPS) is 26.2. The van der Waals surface area contributed by atoms with Crippen LogP contribution >= 0.6 is 0 Å². The second-order valence-corrected chi connectivity index (χ2v) is 7.30. The zero-order valence-corrected chi connectivity index (χ0v) is 14.4. The predicted octanol–water partition coefficient (Wildman–Crippen LogP) is 3.00. The maximum atomic E-state index is 14.5. The van der Waals surface area contributed by atoms with Gasteiger partial charge in [-0.1, -0.05) is 0 Å². The van der Waals surface area contributed by atoms with Crippen molar-refractivity contribution in [1.29, 1.82) is 0 Å². The summed E-state index contributed by atoms with van der Waals surface area (Å²) in [5.74, 6) is -1.15. The molecule has 0 saturated carbocycles. The maximum Gasteiger partial charge on any atom is 0.220 e. The molecule has 0 unspecified atom stereocenters. The van der Waals surface area contributed by atoms with Crippen LogP contribution < -0.4 is 5.32 Å². The minimum Gasteiger partial charge on any atom is -0.349 e. The third kappa shape index (κ3) is 3.21. The van der Waals surface area contributed by atoms with Crippen molar-refractivity contribution in [2.45, 2.75) is 37.3 Å². The first-order valence-electron chi connectivity index (χ1n) is 8.93. The zero-order chi connectivity index (χ0) is 18.1. The summed E-state index contributed by atoms with van der Waals surface area (Å²) in [5.41, 5.74) is 0.916. The quantitative estimate of drug-likeness (QED) is 0.919. The Kier molecular flexibility index (Phi) is 4.44. The first-order chi connectivity index (χ1) is 12.6. The monoisotopic (exact) mass is 357 g/mol. The van der Waals surface area contributed by atoms with Crippen molar-refractivity contribution in [2.24, 2.45) is 0 Å². The van der Waals surface area contributed by atoms with Crippen molar-refractivity contribution in [2.75, 3.05) is 13.1 Å². The lowest BCUT2D eigenvalue weighted by molar-refractivity contribution is -0.125. The molecule has 2 atom stereocenters. The SMILES string of the molecule is O=C1CCC[C@]2(CN(Cc3ccncc3)C[C@H]2c2cc(F)ccc2F)N1. The smallest absolute Gasteiger partial charge is 0.220 e. The van der Waals surface area contributed by atoms with E-state index in [1.165, 1.54) is 12.1 Å². The van der Waals surface area contributed by atoms with Gasteiger partial charge in [0.1, 0.15) is 11.6 Å². The third-order valence-corrected chi connectivity index (χ3v) is 5.52. The number of nitrogens with one attached hydrogen (secondary N) is 1. The van der Waals surface area contributed by atoms with Gasteiger partial charge in [-0.15, -0.1) is 0 Å². The molecule has 1 spiro atoms. The molecule has 2 aliphatic rings. The Morgan fingerprint density at radius 1 is 1.23 bits per heavy atom. The second-order valence-electron chi connectivity index (χ2n) is 7.30. The van der Waals surface area contributed by atoms with Crippen LogP contribution in [-0.4, -0.2) is 34.4 Å². The molecule has 3 heterocycles. The standard InChI is InChI=1S/C20H21F2N3O/c21-15-3-4-18(22)16(10-15)17-12-25(11-14-5-8-23-9-6-14)13-20(17)7-1-2-19(26)24-20/h3-6,8-10,17H,1-2,7,11-13H2,(H,24,26)/t17-,20+/m0/s1. The van der Waals surface area contributed by atoms with E-state index < -0.39 is 17.2 Å². The van der Waals surface area contributed by atoms with Gasteiger partial charge >= 0.3 is 0 Å². The Morgan fingerprint density at radius 3 is 2.81 bits per heavy atom. The van der Waals surface area contributed by atoms with Gasteiger partial charge in [-0.05, 0) is 54.3 Å². The van der Waals surface area contributed by atoms with Crippen molar-refractivity contribution in [3.8, 4) is 0 Å². The molecule has 0 radical (unpaired) electrons. The molecule has 4 nitrogen and oxygen atoms in total. The molecular formula is C20H21F2N3O. The second kappa shape index (κ2) is 6.76. The average molecular weight is 357 g/mol. The summed E-state index contributed by atoms with van der Waals surface area (Å²) >= 11 is 0. The molecule has 2 fully saturated rings. The summed E-state index contributed by atoms with van der Waals surface area (Å²) in [6.07, 6.45) is 5.51. The van der Waals surface area contributed by atoms with Crippen LogP contribution in [-0.2, 0) is 11.3 Å². The van der Waals surface area contributed by atoms with E-state index in [1.54, 1.807) is 12.4 Å². The first-order valence-corrected chi connectivity index (χ1v) is 8.93. The topological polar surface area (TPSA) is 45.2 Å². The van der Waals surface area contributed by atoms with Gasteiger partial charge in [0, 0.05) is 44.4 Å². The number of nitrogens with zero attached hydrogens (tertiary/aromatic N) is 2. The number of aromatic nitrogens is 1. The molecule has 2 saturated heterocycles. The molecule has 136 valence electrons. The van der Waals surface area contributed by atoms with Crippen LogP contribution in [0.1, 0.15) is 36.3 Å². The van der Waals surface area contributed by atoms with Crippen molar-refractivity contribution in [1.82, 2.24) is 15.2 Å². The minimum absolute atomic E-state index is 0.0103. The lowest BCUT2D eigenvalue weighted by Gasteiger charge is -2.39. The van der Waals surface area contributed by atoms with E-state index in [0.29, 0.717) is 31.6 Å². The Hall–Kier alpha value is -2.34. The summed E-state index contributed by atoms with van der Waals surface area (Å²) in [5, 5.41) is 3.12. The first kappa shape index (κ1) is 17.1. The summed E-state index contributed by atoms with van der Waals surface area (Å²) in [6, 6.07) is 7.48. The summed E-state index contributed by atoms with van der Waals surface area (Å²) < 4.78 is 28.3. The molecule has 0 aliphatic carbocycles. The molecule has 1 aromatic carbocycles. The van der Waals surface area contributed by atoms with Gasteiger partial charge in [-0.3, -0.25) is 14.7 Å². The largest absolute Gasteiger partial charge is 0.349 e. The highest BCUT2D eigenvalue weighted by molar-refractivity contribution is 5.78. The zero-order valence-electron chi connectivity index (χ0n) is 14.4. The van der Waals surface area contributed by atoms with Gasteiger partial charge in [0.05, 0.1) is 5.54 Å². The van der Waals surface area contributed by atoms with Gasteiger partial charge in [-0.2, -0.15) is 0 Å². The number of likely N-dealkylation sites (tertiary alicyclic amines) is 1. The maximum absolute atomic E-state index is 14.5. The lowest BCUT2D eigenvalue weighted by Crippen LogP contribution is -2.56. The Balaban J connectivity index is 1.67. The lowest BCUT2D eigenvalue weighted by atomic mass is 9.76. The fourth-order valence-corrected chi connectivity index (χ4v) is 4.40. The number of amides is 1. The molecule has 1 amide bonds. The van der Waals surface area contributed by atoms with Gasteiger partial charge in [-0.25, -0.2) is 8.78 Å². The number of halogens is 2. The molecule has 1 N–H and O–H groups in total. The van der Waals surface area contributed by atoms with E-state index in [4.69, 9.17) is 0 Å². The number of piperidine rings is 1. The molecule has 0 bridgehead atoms. The van der Waals surface area contributed by atoms with Gasteiger partial charge in [0.25, 0.3) is 0 Å². The van der Waals surface area contributed by atoms with Crippen LogP contribution in [0.5, 0.6) is 0 Å². The van der Waals surface area contributed by atoms with Crippen LogP contribution in [0.2, 0.25) is 0 Å². The molecule has 2 aliphatic heterocycles.